The molecule has 2 rings (SSSR count). The Morgan fingerprint density at radius 1 is 1.09 bits per heavy atom. The molecule has 0 spiro atoms. The van der Waals surface area contributed by atoms with Gasteiger partial charge in [-0.2, -0.15) is 4.98 Å². The van der Waals surface area contributed by atoms with Crippen LogP contribution in [0.2, 0.25) is 0 Å². The number of aryl methyl sites for hydroxylation is 1. The SMILES string of the molecule is CCN(CC)c1cc(C)nc(NCCc2ccc(F)cc2)n1. The van der Waals surface area contributed by atoms with Gasteiger partial charge in [-0.1, -0.05) is 12.1 Å². The molecule has 0 atom stereocenters. The number of aromatic nitrogens is 2. The van der Waals surface area contributed by atoms with Crippen LogP contribution < -0.4 is 10.2 Å². The summed E-state index contributed by atoms with van der Waals surface area (Å²) in [4.78, 5) is 11.2. The predicted octanol–water partition coefficient (Wildman–Crippen LogP) is 3.42. The Morgan fingerprint density at radius 2 is 1.77 bits per heavy atom. The second kappa shape index (κ2) is 7.73. The van der Waals surface area contributed by atoms with E-state index in [9.17, 15) is 4.39 Å². The van der Waals surface area contributed by atoms with Crippen LogP contribution in [0.1, 0.15) is 25.1 Å². The van der Waals surface area contributed by atoms with E-state index in [1.165, 1.54) is 12.1 Å². The summed E-state index contributed by atoms with van der Waals surface area (Å²) < 4.78 is 12.9. The Kier molecular flexibility index (Phi) is 5.69. The fourth-order valence-corrected chi connectivity index (χ4v) is 2.31. The molecule has 0 saturated carbocycles. The van der Waals surface area contributed by atoms with E-state index in [0.29, 0.717) is 12.5 Å². The number of nitrogens with one attached hydrogen (secondary N) is 1. The fourth-order valence-electron chi connectivity index (χ4n) is 2.31. The van der Waals surface area contributed by atoms with Crippen molar-refractivity contribution in [3.05, 3.63) is 47.4 Å². The minimum absolute atomic E-state index is 0.206. The van der Waals surface area contributed by atoms with Crippen LogP contribution in [0.15, 0.2) is 30.3 Å². The summed E-state index contributed by atoms with van der Waals surface area (Å²) in [5.74, 6) is 1.38. The van der Waals surface area contributed by atoms with Gasteiger partial charge < -0.3 is 10.2 Å². The monoisotopic (exact) mass is 302 g/mol. The van der Waals surface area contributed by atoms with Crippen molar-refractivity contribution in [1.29, 1.82) is 0 Å². The lowest BCUT2D eigenvalue weighted by atomic mass is 10.1. The lowest BCUT2D eigenvalue weighted by molar-refractivity contribution is 0.627. The standard InChI is InChI=1S/C17H23FN4/c1-4-22(5-2)16-12-13(3)20-17(21-16)19-11-10-14-6-8-15(18)9-7-14/h6-9,12H,4-5,10-11H2,1-3H3,(H,19,20,21). The van der Waals surface area contributed by atoms with Gasteiger partial charge in [-0.05, 0) is 44.9 Å². The Hall–Kier alpha value is -2.17. The smallest absolute Gasteiger partial charge is 0.224 e. The van der Waals surface area contributed by atoms with E-state index in [2.05, 4.69) is 34.0 Å². The first-order chi connectivity index (χ1) is 10.6. The second-order valence-electron chi connectivity index (χ2n) is 5.17. The summed E-state index contributed by atoms with van der Waals surface area (Å²) in [6.07, 6.45) is 0.804. The van der Waals surface area contributed by atoms with Crippen molar-refractivity contribution in [1.82, 2.24) is 9.97 Å². The van der Waals surface area contributed by atoms with Gasteiger partial charge >= 0.3 is 0 Å². The molecule has 118 valence electrons. The van der Waals surface area contributed by atoms with Gasteiger partial charge in [0.15, 0.2) is 0 Å². The fraction of sp³-hybridized carbons (Fsp3) is 0.412. The number of rotatable bonds is 7. The summed E-state index contributed by atoms with van der Waals surface area (Å²) in [6, 6.07) is 8.57. The average Bonchev–Trinajstić information content (AvgIpc) is 2.50. The number of halogens is 1. The summed E-state index contributed by atoms with van der Waals surface area (Å²) in [5, 5.41) is 3.25. The van der Waals surface area contributed by atoms with Crippen LogP contribution in [0.4, 0.5) is 16.2 Å². The Balaban J connectivity index is 1.98. The largest absolute Gasteiger partial charge is 0.357 e. The number of hydrogen-bond acceptors (Lipinski definition) is 4. The highest BCUT2D eigenvalue weighted by Crippen LogP contribution is 2.14. The van der Waals surface area contributed by atoms with Crippen molar-refractivity contribution < 1.29 is 4.39 Å². The predicted molar refractivity (Wildman–Crippen MR) is 88.9 cm³/mol. The third-order valence-corrected chi connectivity index (χ3v) is 3.54. The molecule has 1 N–H and O–H groups in total. The van der Waals surface area contributed by atoms with E-state index in [4.69, 9.17) is 0 Å². The zero-order valence-electron chi connectivity index (χ0n) is 13.4. The van der Waals surface area contributed by atoms with Crippen molar-refractivity contribution in [2.75, 3.05) is 29.9 Å². The molecule has 1 aromatic heterocycles. The van der Waals surface area contributed by atoms with E-state index in [1.54, 1.807) is 12.1 Å². The molecular weight excluding hydrogens is 279 g/mol. The molecule has 4 nitrogen and oxygen atoms in total. The first-order valence-electron chi connectivity index (χ1n) is 7.71. The van der Waals surface area contributed by atoms with Crippen LogP contribution in [0.3, 0.4) is 0 Å². The quantitative estimate of drug-likeness (QED) is 0.851. The van der Waals surface area contributed by atoms with Crippen LogP contribution in [0, 0.1) is 12.7 Å². The maximum atomic E-state index is 12.9. The Morgan fingerprint density at radius 3 is 2.41 bits per heavy atom. The highest BCUT2D eigenvalue weighted by molar-refractivity contribution is 5.44. The van der Waals surface area contributed by atoms with Crippen LogP contribution >= 0.6 is 0 Å². The highest BCUT2D eigenvalue weighted by Gasteiger charge is 2.07. The molecule has 22 heavy (non-hydrogen) atoms. The van der Waals surface area contributed by atoms with Gasteiger partial charge in [0.2, 0.25) is 5.95 Å². The third kappa shape index (κ3) is 4.41. The van der Waals surface area contributed by atoms with Gasteiger partial charge in [0, 0.05) is 31.4 Å². The van der Waals surface area contributed by atoms with Crippen LogP contribution in [0.5, 0.6) is 0 Å². The van der Waals surface area contributed by atoms with Crippen molar-refractivity contribution >= 4 is 11.8 Å². The average molecular weight is 302 g/mol. The second-order valence-corrected chi connectivity index (χ2v) is 5.17. The molecule has 0 amide bonds. The van der Waals surface area contributed by atoms with Crippen LogP contribution in [0.25, 0.3) is 0 Å². The molecule has 1 aromatic carbocycles. The van der Waals surface area contributed by atoms with E-state index < -0.39 is 0 Å². The van der Waals surface area contributed by atoms with E-state index in [0.717, 1.165) is 36.6 Å². The first-order valence-corrected chi connectivity index (χ1v) is 7.71. The third-order valence-electron chi connectivity index (χ3n) is 3.54. The van der Waals surface area contributed by atoms with Crippen LogP contribution in [-0.4, -0.2) is 29.6 Å². The van der Waals surface area contributed by atoms with E-state index in [-0.39, 0.29) is 5.82 Å². The lowest BCUT2D eigenvalue weighted by Crippen LogP contribution is -2.24. The topological polar surface area (TPSA) is 41.1 Å². The molecule has 0 aliphatic heterocycles. The zero-order valence-corrected chi connectivity index (χ0v) is 13.4. The molecule has 2 aromatic rings. The first kappa shape index (κ1) is 16.2. The molecule has 0 fully saturated rings. The summed E-state index contributed by atoms with van der Waals surface area (Å²) in [6.45, 7) is 8.75. The van der Waals surface area contributed by atoms with Crippen molar-refractivity contribution in [3.8, 4) is 0 Å². The van der Waals surface area contributed by atoms with Gasteiger partial charge in [-0.3, -0.25) is 0 Å². The molecular formula is C17H23FN4. The minimum Gasteiger partial charge on any atom is -0.357 e. The lowest BCUT2D eigenvalue weighted by Gasteiger charge is -2.20. The number of anilines is 2. The summed E-state index contributed by atoms with van der Waals surface area (Å²) in [7, 11) is 0. The van der Waals surface area contributed by atoms with Crippen molar-refractivity contribution in [2.24, 2.45) is 0 Å². The summed E-state index contributed by atoms with van der Waals surface area (Å²) >= 11 is 0. The molecule has 1 heterocycles. The Bertz CT molecular complexity index is 594. The van der Waals surface area contributed by atoms with Gasteiger partial charge in [-0.15, -0.1) is 0 Å². The molecule has 0 aliphatic rings. The van der Waals surface area contributed by atoms with Gasteiger partial charge in [0.1, 0.15) is 11.6 Å². The zero-order chi connectivity index (χ0) is 15.9. The van der Waals surface area contributed by atoms with Gasteiger partial charge in [-0.25, -0.2) is 9.37 Å². The van der Waals surface area contributed by atoms with Crippen molar-refractivity contribution in [3.63, 3.8) is 0 Å². The maximum absolute atomic E-state index is 12.9. The normalized spacial score (nSPS) is 10.5. The number of benzene rings is 1. The number of hydrogen-bond donors (Lipinski definition) is 1. The van der Waals surface area contributed by atoms with Crippen LogP contribution in [-0.2, 0) is 6.42 Å². The Labute approximate surface area is 131 Å². The molecule has 0 saturated heterocycles. The van der Waals surface area contributed by atoms with Gasteiger partial charge in [0.25, 0.3) is 0 Å². The number of nitrogens with zero attached hydrogens (tertiary/aromatic N) is 3. The maximum Gasteiger partial charge on any atom is 0.224 e. The van der Waals surface area contributed by atoms with E-state index >= 15 is 0 Å². The van der Waals surface area contributed by atoms with E-state index in [1.807, 2.05) is 13.0 Å². The minimum atomic E-state index is -0.206. The molecule has 0 aliphatic carbocycles. The summed E-state index contributed by atoms with van der Waals surface area (Å²) in [5.41, 5.74) is 2.03. The van der Waals surface area contributed by atoms with Gasteiger partial charge in [0.05, 0.1) is 0 Å². The molecule has 0 radical (unpaired) electrons. The molecule has 0 unspecified atom stereocenters. The molecule has 5 heteroatoms. The molecule has 0 bridgehead atoms. The highest BCUT2D eigenvalue weighted by atomic mass is 19.1. The van der Waals surface area contributed by atoms with Crippen molar-refractivity contribution in [2.45, 2.75) is 27.2 Å².